The van der Waals surface area contributed by atoms with Crippen LogP contribution in [0.25, 0.3) is 0 Å². The highest BCUT2D eigenvalue weighted by Gasteiger charge is 2.21. The van der Waals surface area contributed by atoms with E-state index in [4.69, 9.17) is 10.5 Å². The second-order valence-electron chi connectivity index (χ2n) is 6.26. The molecule has 0 heterocycles. The minimum atomic E-state index is 0.355. The highest BCUT2D eigenvalue weighted by molar-refractivity contribution is 4.75. The lowest BCUT2D eigenvalue weighted by atomic mass is 9.84. The van der Waals surface area contributed by atoms with E-state index < -0.39 is 0 Å². The fourth-order valence-electron chi connectivity index (χ4n) is 2.39. The van der Waals surface area contributed by atoms with Crippen molar-refractivity contribution in [1.29, 1.82) is 0 Å². The number of likely N-dealkylation sites (N-methyl/N-ethyl adjacent to an activating group) is 1. The second-order valence-corrected chi connectivity index (χ2v) is 6.26. The Balaban J connectivity index is 4.31. The molecule has 3 nitrogen and oxygen atoms in total. The first-order chi connectivity index (χ1) is 7.84. The fourth-order valence-corrected chi connectivity index (χ4v) is 2.39. The minimum absolute atomic E-state index is 0.355. The van der Waals surface area contributed by atoms with Crippen LogP contribution in [0.5, 0.6) is 0 Å². The Morgan fingerprint density at radius 3 is 2.24 bits per heavy atom. The molecule has 0 radical (unpaired) electrons. The molecule has 0 spiro atoms. The molecule has 0 aromatic rings. The number of ether oxygens (including phenoxy) is 1. The van der Waals surface area contributed by atoms with Crippen molar-refractivity contribution in [2.45, 2.75) is 47.1 Å². The Bertz CT molecular complexity index is 189. The van der Waals surface area contributed by atoms with E-state index in [9.17, 15) is 0 Å². The SMILES string of the molecule is CCN(CC(CN)CC(C)(C)C)C(C)COC. The van der Waals surface area contributed by atoms with Gasteiger partial charge in [0.1, 0.15) is 0 Å². The predicted molar refractivity (Wildman–Crippen MR) is 75.2 cm³/mol. The van der Waals surface area contributed by atoms with Crippen molar-refractivity contribution in [2.24, 2.45) is 17.1 Å². The molecular weight excluding hydrogens is 212 g/mol. The first-order valence-corrected chi connectivity index (χ1v) is 6.77. The van der Waals surface area contributed by atoms with E-state index in [0.29, 0.717) is 17.4 Å². The van der Waals surface area contributed by atoms with Crippen molar-refractivity contribution in [3.8, 4) is 0 Å². The van der Waals surface area contributed by atoms with Gasteiger partial charge in [-0.1, -0.05) is 27.7 Å². The van der Waals surface area contributed by atoms with Gasteiger partial charge in [-0.25, -0.2) is 0 Å². The molecule has 3 heteroatoms. The van der Waals surface area contributed by atoms with Crippen LogP contribution >= 0.6 is 0 Å². The average Bonchev–Trinajstić information content (AvgIpc) is 2.22. The fraction of sp³-hybridized carbons (Fsp3) is 1.00. The van der Waals surface area contributed by atoms with Crippen LogP contribution in [0, 0.1) is 11.3 Å². The average molecular weight is 244 g/mol. The second kappa shape index (κ2) is 8.06. The van der Waals surface area contributed by atoms with E-state index in [-0.39, 0.29) is 0 Å². The van der Waals surface area contributed by atoms with Crippen LogP contribution < -0.4 is 5.73 Å². The van der Waals surface area contributed by atoms with Gasteiger partial charge < -0.3 is 10.5 Å². The van der Waals surface area contributed by atoms with E-state index >= 15 is 0 Å². The summed E-state index contributed by atoms with van der Waals surface area (Å²) >= 11 is 0. The Labute approximate surface area is 108 Å². The van der Waals surface area contributed by atoms with E-state index in [1.54, 1.807) is 7.11 Å². The predicted octanol–water partition coefficient (Wildman–Crippen LogP) is 2.35. The summed E-state index contributed by atoms with van der Waals surface area (Å²) in [5.74, 6) is 0.578. The van der Waals surface area contributed by atoms with Crippen LogP contribution in [0.3, 0.4) is 0 Å². The molecule has 0 saturated carbocycles. The highest BCUT2D eigenvalue weighted by atomic mass is 16.5. The third-order valence-corrected chi connectivity index (χ3v) is 3.16. The van der Waals surface area contributed by atoms with Crippen molar-refractivity contribution in [2.75, 3.05) is 33.4 Å². The largest absolute Gasteiger partial charge is 0.383 e. The standard InChI is InChI=1S/C14H32N2O/c1-7-16(12(2)11-17-6)10-13(9-15)8-14(3,4)5/h12-13H,7-11,15H2,1-6H3. The summed E-state index contributed by atoms with van der Waals surface area (Å²) in [6.07, 6.45) is 1.18. The van der Waals surface area contributed by atoms with Gasteiger partial charge in [0, 0.05) is 19.7 Å². The molecule has 104 valence electrons. The zero-order valence-corrected chi connectivity index (χ0v) is 12.6. The maximum atomic E-state index is 5.90. The molecule has 17 heavy (non-hydrogen) atoms. The van der Waals surface area contributed by atoms with Crippen molar-refractivity contribution in [1.82, 2.24) is 4.90 Å². The summed E-state index contributed by atoms with van der Waals surface area (Å²) in [6.45, 7) is 15.0. The maximum absolute atomic E-state index is 5.90. The first-order valence-electron chi connectivity index (χ1n) is 6.77. The summed E-state index contributed by atoms with van der Waals surface area (Å²) in [7, 11) is 1.76. The molecule has 0 aliphatic rings. The monoisotopic (exact) mass is 244 g/mol. The van der Waals surface area contributed by atoms with Crippen molar-refractivity contribution in [3.63, 3.8) is 0 Å². The first kappa shape index (κ1) is 16.9. The molecule has 0 fully saturated rings. The van der Waals surface area contributed by atoms with Gasteiger partial charge in [0.05, 0.1) is 6.61 Å². The van der Waals surface area contributed by atoms with Gasteiger partial charge in [-0.2, -0.15) is 0 Å². The van der Waals surface area contributed by atoms with Crippen LogP contribution in [0.2, 0.25) is 0 Å². The molecule has 2 N–H and O–H groups in total. The zero-order valence-electron chi connectivity index (χ0n) is 12.6. The number of rotatable bonds is 8. The van der Waals surface area contributed by atoms with Gasteiger partial charge in [-0.3, -0.25) is 4.90 Å². The van der Waals surface area contributed by atoms with Crippen LogP contribution in [0.4, 0.5) is 0 Å². The zero-order chi connectivity index (χ0) is 13.5. The summed E-state index contributed by atoms with van der Waals surface area (Å²) in [5, 5.41) is 0. The topological polar surface area (TPSA) is 38.5 Å². The molecule has 2 atom stereocenters. The lowest BCUT2D eigenvalue weighted by Gasteiger charge is -2.33. The lowest BCUT2D eigenvalue weighted by molar-refractivity contribution is 0.0862. The molecule has 0 amide bonds. The van der Waals surface area contributed by atoms with E-state index in [0.717, 1.165) is 26.2 Å². The Kier molecular flexibility index (Phi) is 8.01. The van der Waals surface area contributed by atoms with Gasteiger partial charge in [-0.05, 0) is 37.8 Å². The molecule has 0 aliphatic carbocycles. The molecule has 0 aliphatic heterocycles. The maximum Gasteiger partial charge on any atom is 0.0615 e. The Morgan fingerprint density at radius 2 is 1.88 bits per heavy atom. The van der Waals surface area contributed by atoms with Gasteiger partial charge in [0.2, 0.25) is 0 Å². The number of hydrogen-bond donors (Lipinski definition) is 1. The number of nitrogens with zero attached hydrogens (tertiary/aromatic N) is 1. The van der Waals surface area contributed by atoms with Crippen LogP contribution in [-0.4, -0.2) is 44.3 Å². The Morgan fingerprint density at radius 1 is 1.29 bits per heavy atom. The van der Waals surface area contributed by atoms with Crippen molar-refractivity contribution in [3.05, 3.63) is 0 Å². The van der Waals surface area contributed by atoms with Crippen LogP contribution in [0.1, 0.15) is 41.0 Å². The van der Waals surface area contributed by atoms with E-state index in [1.165, 1.54) is 6.42 Å². The molecule has 0 rings (SSSR count). The number of nitrogens with two attached hydrogens (primary N) is 1. The van der Waals surface area contributed by atoms with Crippen molar-refractivity contribution >= 4 is 0 Å². The normalized spacial score (nSPS) is 16.2. The van der Waals surface area contributed by atoms with Crippen molar-refractivity contribution < 1.29 is 4.74 Å². The molecule has 0 aromatic heterocycles. The molecule has 2 unspecified atom stereocenters. The number of methoxy groups -OCH3 is 1. The van der Waals surface area contributed by atoms with Gasteiger partial charge in [0.15, 0.2) is 0 Å². The van der Waals surface area contributed by atoms with Crippen LogP contribution in [-0.2, 0) is 4.74 Å². The molecule has 0 saturated heterocycles. The number of hydrogen-bond acceptors (Lipinski definition) is 3. The van der Waals surface area contributed by atoms with Crippen LogP contribution in [0.15, 0.2) is 0 Å². The third kappa shape index (κ3) is 7.74. The molecule has 0 bridgehead atoms. The highest BCUT2D eigenvalue weighted by Crippen LogP contribution is 2.24. The van der Waals surface area contributed by atoms with E-state index in [1.807, 2.05) is 0 Å². The summed E-state index contributed by atoms with van der Waals surface area (Å²) in [5.41, 5.74) is 6.25. The summed E-state index contributed by atoms with van der Waals surface area (Å²) in [4.78, 5) is 2.47. The lowest BCUT2D eigenvalue weighted by Crippen LogP contribution is -2.41. The van der Waals surface area contributed by atoms with E-state index in [2.05, 4.69) is 39.5 Å². The molecule has 0 aromatic carbocycles. The Hall–Kier alpha value is -0.120. The smallest absolute Gasteiger partial charge is 0.0615 e. The van der Waals surface area contributed by atoms with Gasteiger partial charge in [0.25, 0.3) is 0 Å². The quantitative estimate of drug-likeness (QED) is 0.712. The van der Waals surface area contributed by atoms with Gasteiger partial charge in [-0.15, -0.1) is 0 Å². The minimum Gasteiger partial charge on any atom is -0.383 e. The van der Waals surface area contributed by atoms with Gasteiger partial charge >= 0.3 is 0 Å². The summed E-state index contributed by atoms with van der Waals surface area (Å²) < 4.78 is 5.23. The molecular formula is C14H32N2O. The summed E-state index contributed by atoms with van der Waals surface area (Å²) in [6, 6.07) is 0.471. The third-order valence-electron chi connectivity index (χ3n) is 3.16.